The zero-order valence-corrected chi connectivity index (χ0v) is 17.9. The van der Waals surface area contributed by atoms with Crippen molar-refractivity contribution in [2.75, 3.05) is 38.0 Å². The number of anilines is 1. The SMILES string of the molecule is CCN(CC)S(=O)(=O)c1ccc(NC(=O)CN2CC[C@H]3CCCC[C@@H]3C2)cc1. The van der Waals surface area contributed by atoms with Gasteiger partial charge in [0, 0.05) is 25.3 Å². The monoisotopic (exact) mass is 407 g/mol. The van der Waals surface area contributed by atoms with Gasteiger partial charge < -0.3 is 5.32 Å². The van der Waals surface area contributed by atoms with Crippen molar-refractivity contribution in [3.63, 3.8) is 0 Å². The highest BCUT2D eigenvalue weighted by molar-refractivity contribution is 7.89. The third-order valence-electron chi connectivity index (χ3n) is 6.22. The Labute approximate surface area is 169 Å². The summed E-state index contributed by atoms with van der Waals surface area (Å²) in [5.74, 6) is 1.57. The van der Waals surface area contributed by atoms with Crippen LogP contribution in [0, 0.1) is 11.8 Å². The maximum atomic E-state index is 12.5. The normalized spacial score (nSPS) is 23.4. The van der Waals surface area contributed by atoms with Crippen LogP contribution in [0.25, 0.3) is 0 Å². The molecule has 1 amide bonds. The first kappa shape index (κ1) is 21.3. The molecule has 0 aromatic heterocycles. The van der Waals surface area contributed by atoms with Crippen LogP contribution in [0.5, 0.6) is 0 Å². The van der Waals surface area contributed by atoms with E-state index in [4.69, 9.17) is 0 Å². The predicted molar refractivity (Wildman–Crippen MR) is 112 cm³/mol. The molecule has 2 aliphatic rings. The molecule has 1 aliphatic carbocycles. The van der Waals surface area contributed by atoms with Crippen molar-refractivity contribution in [2.24, 2.45) is 11.8 Å². The summed E-state index contributed by atoms with van der Waals surface area (Å²) < 4.78 is 26.5. The molecule has 156 valence electrons. The molecule has 0 unspecified atom stereocenters. The average Bonchev–Trinajstić information content (AvgIpc) is 2.69. The van der Waals surface area contributed by atoms with Crippen molar-refractivity contribution in [2.45, 2.75) is 50.8 Å². The molecule has 2 atom stereocenters. The van der Waals surface area contributed by atoms with Crippen LogP contribution in [0.15, 0.2) is 29.2 Å². The number of likely N-dealkylation sites (tertiary alicyclic amines) is 1. The summed E-state index contributed by atoms with van der Waals surface area (Å²) in [6.07, 6.45) is 6.54. The molecule has 7 heteroatoms. The quantitative estimate of drug-likeness (QED) is 0.754. The number of benzene rings is 1. The fourth-order valence-corrected chi connectivity index (χ4v) is 6.10. The number of nitrogens with zero attached hydrogens (tertiary/aromatic N) is 2. The van der Waals surface area contributed by atoms with Gasteiger partial charge in [-0.1, -0.05) is 33.1 Å². The van der Waals surface area contributed by atoms with Crippen molar-refractivity contribution < 1.29 is 13.2 Å². The van der Waals surface area contributed by atoms with Crippen molar-refractivity contribution in [3.8, 4) is 0 Å². The molecule has 0 radical (unpaired) electrons. The molecule has 0 spiro atoms. The van der Waals surface area contributed by atoms with E-state index in [1.165, 1.54) is 36.4 Å². The second kappa shape index (κ2) is 9.37. The van der Waals surface area contributed by atoms with E-state index in [2.05, 4.69) is 10.2 Å². The average molecular weight is 408 g/mol. The first-order valence-corrected chi connectivity index (χ1v) is 12.0. The number of hydrogen-bond acceptors (Lipinski definition) is 4. The molecule has 1 heterocycles. The molecule has 1 aromatic carbocycles. The minimum atomic E-state index is -3.47. The van der Waals surface area contributed by atoms with Crippen LogP contribution in [0.2, 0.25) is 0 Å². The van der Waals surface area contributed by atoms with Gasteiger partial charge in [-0.15, -0.1) is 0 Å². The van der Waals surface area contributed by atoms with Gasteiger partial charge in [-0.2, -0.15) is 4.31 Å². The summed E-state index contributed by atoms with van der Waals surface area (Å²) in [6.45, 7) is 6.96. The number of piperidine rings is 1. The van der Waals surface area contributed by atoms with Gasteiger partial charge in [0.2, 0.25) is 15.9 Å². The minimum Gasteiger partial charge on any atom is -0.325 e. The zero-order chi connectivity index (χ0) is 20.1. The van der Waals surface area contributed by atoms with E-state index in [1.54, 1.807) is 24.3 Å². The molecule has 28 heavy (non-hydrogen) atoms. The van der Waals surface area contributed by atoms with E-state index < -0.39 is 10.0 Å². The number of hydrogen-bond donors (Lipinski definition) is 1. The Morgan fingerprint density at radius 1 is 1.07 bits per heavy atom. The Bertz CT molecular complexity index is 760. The Hall–Kier alpha value is -1.44. The van der Waals surface area contributed by atoms with E-state index in [-0.39, 0.29) is 10.8 Å². The number of sulfonamides is 1. The highest BCUT2D eigenvalue weighted by Crippen LogP contribution is 2.35. The maximum Gasteiger partial charge on any atom is 0.243 e. The Kier molecular flexibility index (Phi) is 7.12. The second-order valence-electron chi connectivity index (χ2n) is 7.99. The summed E-state index contributed by atoms with van der Waals surface area (Å²) in [5, 5.41) is 2.91. The second-order valence-corrected chi connectivity index (χ2v) is 9.93. The van der Waals surface area contributed by atoms with Crippen LogP contribution in [-0.2, 0) is 14.8 Å². The Balaban J connectivity index is 1.54. The smallest absolute Gasteiger partial charge is 0.243 e. The molecule has 1 saturated carbocycles. The van der Waals surface area contributed by atoms with E-state index in [0.717, 1.165) is 24.9 Å². The van der Waals surface area contributed by atoms with E-state index in [1.807, 2.05) is 13.8 Å². The van der Waals surface area contributed by atoms with Crippen LogP contribution in [0.4, 0.5) is 5.69 Å². The first-order valence-electron chi connectivity index (χ1n) is 10.6. The van der Waals surface area contributed by atoms with Crippen molar-refractivity contribution in [1.82, 2.24) is 9.21 Å². The summed E-state index contributed by atoms with van der Waals surface area (Å²) >= 11 is 0. The minimum absolute atomic E-state index is 0.0337. The standard InChI is InChI=1S/C21H33N3O3S/c1-3-24(4-2)28(26,27)20-11-9-19(10-12-20)22-21(25)16-23-14-13-17-7-5-6-8-18(17)15-23/h9-12,17-18H,3-8,13-16H2,1-2H3,(H,22,25)/t17-,18-/m1/s1. The lowest BCUT2D eigenvalue weighted by Gasteiger charge is -2.41. The summed E-state index contributed by atoms with van der Waals surface area (Å²) in [7, 11) is -3.47. The number of carbonyl (C=O) groups excluding carboxylic acids is 1. The largest absolute Gasteiger partial charge is 0.325 e. The topological polar surface area (TPSA) is 69.7 Å². The number of carbonyl (C=O) groups is 1. The summed E-state index contributed by atoms with van der Waals surface area (Å²) in [4.78, 5) is 15.0. The lowest BCUT2D eigenvalue weighted by molar-refractivity contribution is -0.118. The van der Waals surface area contributed by atoms with Gasteiger partial charge in [-0.05, 0) is 55.5 Å². The van der Waals surface area contributed by atoms with Crippen LogP contribution in [0.3, 0.4) is 0 Å². The number of rotatable bonds is 7. The van der Waals surface area contributed by atoms with Crippen molar-refractivity contribution in [1.29, 1.82) is 0 Å². The van der Waals surface area contributed by atoms with Gasteiger partial charge in [0.15, 0.2) is 0 Å². The van der Waals surface area contributed by atoms with E-state index in [0.29, 0.717) is 25.3 Å². The van der Waals surface area contributed by atoms with E-state index in [9.17, 15) is 13.2 Å². The van der Waals surface area contributed by atoms with E-state index >= 15 is 0 Å². The lowest BCUT2D eigenvalue weighted by atomic mass is 9.75. The zero-order valence-electron chi connectivity index (χ0n) is 17.1. The maximum absolute atomic E-state index is 12.5. The Morgan fingerprint density at radius 3 is 2.36 bits per heavy atom. The van der Waals surface area contributed by atoms with Gasteiger partial charge in [0.1, 0.15) is 0 Å². The van der Waals surface area contributed by atoms with Crippen molar-refractivity contribution in [3.05, 3.63) is 24.3 Å². The molecule has 0 bridgehead atoms. The van der Waals surface area contributed by atoms with Gasteiger partial charge in [0.25, 0.3) is 0 Å². The molecular formula is C21H33N3O3S. The van der Waals surface area contributed by atoms with Crippen LogP contribution < -0.4 is 5.32 Å². The molecule has 1 aromatic rings. The Morgan fingerprint density at radius 2 is 1.71 bits per heavy atom. The van der Waals surface area contributed by atoms with Crippen LogP contribution >= 0.6 is 0 Å². The van der Waals surface area contributed by atoms with Gasteiger partial charge >= 0.3 is 0 Å². The van der Waals surface area contributed by atoms with Crippen LogP contribution in [-0.4, -0.2) is 56.3 Å². The van der Waals surface area contributed by atoms with Crippen LogP contribution in [0.1, 0.15) is 46.0 Å². The first-order chi connectivity index (χ1) is 13.4. The summed E-state index contributed by atoms with van der Waals surface area (Å²) in [5.41, 5.74) is 0.635. The molecular weight excluding hydrogens is 374 g/mol. The molecule has 1 aliphatic heterocycles. The predicted octanol–water partition coefficient (Wildman–Crippen LogP) is 3.17. The third kappa shape index (κ3) is 4.93. The number of amides is 1. The fourth-order valence-electron chi connectivity index (χ4n) is 4.65. The lowest BCUT2D eigenvalue weighted by Crippen LogP contribution is -2.44. The molecule has 1 N–H and O–H groups in total. The third-order valence-corrected chi connectivity index (χ3v) is 8.29. The summed E-state index contributed by atoms with van der Waals surface area (Å²) in [6, 6.07) is 6.47. The highest BCUT2D eigenvalue weighted by Gasteiger charge is 2.31. The highest BCUT2D eigenvalue weighted by atomic mass is 32.2. The van der Waals surface area contributed by atoms with Gasteiger partial charge in [-0.3, -0.25) is 9.69 Å². The molecule has 6 nitrogen and oxygen atoms in total. The number of nitrogens with one attached hydrogen (secondary N) is 1. The molecule has 2 fully saturated rings. The fraction of sp³-hybridized carbons (Fsp3) is 0.667. The van der Waals surface area contributed by atoms with Gasteiger partial charge in [-0.25, -0.2) is 8.42 Å². The van der Waals surface area contributed by atoms with Crippen molar-refractivity contribution >= 4 is 21.6 Å². The molecule has 3 rings (SSSR count). The number of fused-ring (bicyclic) bond motifs is 1. The molecule has 1 saturated heterocycles. The van der Waals surface area contributed by atoms with Gasteiger partial charge in [0.05, 0.1) is 11.4 Å².